The van der Waals surface area contributed by atoms with Gasteiger partial charge in [-0.3, -0.25) is 4.65 Å². The van der Waals surface area contributed by atoms with Gasteiger partial charge < -0.3 is 9.94 Å². The lowest BCUT2D eigenvalue weighted by Gasteiger charge is -2.43. The zero-order chi connectivity index (χ0) is 17.7. The van der Waals surface area contributed by atoms with Gasteiger partial charge in [-0.2, -0.15) is 4.79 Å². The molecule has 3 rings (SSSR count). The smallest absolute Gasteiger partial charge is 0.516 e. The van der Waals surface area contributed by atoms with Crippen LogP contribution in [0.25, 0.3) is 0 Å². The van der Waals surface area contributed by atoms with Crippen LogP contribution in [0.3, 0.4) is 0 Å². The standard InChI is InChI=1S/C20H23NO3S/c1-25-19-10-6-5-9-18(19)17-11-13-21(23,14-12-17)20(22)24-15-16-7-3-2-4-8-16/h2-10,17H,11-15H2,1H3. The molecule has 0 aromatic heterocycles. The van der Waals surface area contributed by atoms with E-state index < -0.39 is 10.7 Å². The Bertz CT molecular complexity index is 712. The number of carbonyl (C=O) groups excluding carboxylic acids is 1. The minimum absolute atomic E-state index is 0.153. The highest BCUT2D eigenvalue weighted by molar-refractivity contribution is 7.98. The summed E-state index contributed by atoms with van der Waals surface area (Å²) in [6.45, 7) is 0.711. The number of hydrogen-bond donors (Lipinski definition) is 0. The molecule has 1 saturated heterocycles. The average molecular weight is 357 g/mol. The third-order valence-corrected chi connectivity index (χ3v) is 5.61. The van der Waals surface area contributed by atoms with E-state index in [2.05, 4.69) is 18.4 Å². The number of quaternary nitrogens is 1. The molecule has 0 spiro atoms. The second-order valence-electron chi connectivity index (χ2n) is 6.39. The Morgan fingerprint density at radius 2 is 1.76 bits per heavy atom. The van der Waals surface area contributed by atoms with Gasteiger partial charge in [0.15, 0.2) is 0 Å². The molecule has 0 atom stereocenters. The van der Waals surface area contributed by atoms with E-state index in [4.69, 9.17) is 4.74 Å². The molecular formula is C20H23NO3S. The van der Waals surface area contributed by atoms with Crippen molar-refractivity contribution < 1.29 is 14.2 Å². The number of hydroxylamine groups is 3. The van der Waals surface area contributed by atoms with Crippen LogP contribution in [0.15, 0.2) is 59.5 Å². The number of hydrogen-bond acceptors (Lipinski definition) is 4. The Balaban J connectivity index is 1.59. The molecule has 1 aliphatic rings. The molecule has 0 bridgehead atoms. The molecule has 5 heteroatoms. The van der Waals surface area contributed by atoms with Crippen LogP contribution < -0.4 is 0 Å². The van der Waals surface area contributed by atoms with Crippen LogP contribution in [0.4, 0.5) is 4.79 Å². The van der Waals surface area contributed by atoms with Gasteiger partial charge in [0, 0.05) is 17.7 Å². The van der Waals surface area contributed by atoms with Crippen molar-refractivity contribution in [2.24, 2.45) is 0 Å². The number of rotatable bonds is 4. The Labute approximate surface area is 153 Å². The van der Waals surface area contributed by atoms with Gasteiger partial charge in [0.2, 0.25) is 0 Å². The first-order valence-corrected chi connectivity index (χ1v) is 9.77. The molecule has 1 amide bonds. The summed E-state index contributed by atoms with van der Waals surface area (Å²) in [5.74, 6) is 0.339. The molecule has 2 aromatic rings. The summed E-state index contributed by atoms with van der Waals surface area (Å²) in [4.78, 5) is 13.5. The summed E-state index contributed by atoms with van der Waals surface area (Å²) in [5.41, 5.74) is 2.19. The van der Waals surface area contributed by atoms with Crippen LogP contribution in [-0.2, 0) is 11.3 Å². The Kier molecular flexibility index (Phi) is 5.78. The highest BCUT2D eigenvalue weighted by Gasteiger charge is 2.36. The number of nitrogens with zero attached hydrogens (tertiary/aromatic N) is 1. The monoisotopic (exact) mass is 357 g/mol. The predicted molar refractivity (Wildman–Crippen MR) is 100 cm³/mol. The van der Waals surface area contributed by atoms with E-state index in [0.717, 1.165) is 5.56 Å². The largest absolute Gasteiger partial charge is 0.622 e. The molecule has 0 unspecified atom stereocenters. The fraction of sp³-hybridized carbons (Fsp3) is 0.350. The lowest BCUT2D eigenvalue weighted by atomic mass is 9.89. The molecule has 1 aliphatic heterocycles. The maximum atomic E-state index is 12.8. The highest BCUT2D eigenvalue weighted by atomic mass is 32.2. The molecule has 0 aliphatic carbocycles. The maximum Gasteiger partial charge on any atom is 0.516 e. The average Bonchev–Trinajstić information content (AvgIpc) is 2.67. The number of amides is 1. The van der Waals surface area contributed by atoms with E-state index in [1.54, 1.807) is 11.8 Å². The van der Waals surface area contributed by atoms with Crippen LogP contribution >= 0.6 is 11.8 Å². The zero-order valence-corrected chi connectivity index (χ0v) is 15.2. The molecule has 1 heterocycles. The third-order valence-electron chi connectivity index (χ3n) is 4.79. The van der Waals surface area contributed by atoms with Crippen molar-refractivity contribution in [1.82, 2.24) is 0 Å². The Morgan fingerprint density at radius 3 is 2.44 bits per heavy atom. The molecule has 0 radical (unpaired) electrons. The van der Waals surface area contributed by atoms with Gasteiger partial charge in [0.1, 0.15) is 6.61 Å². The van der Waals surface area contributed by atoms with E-state index in [9.17, 15) is 10.0 Å². The predicted octanol–water partition coefficient (Wildman–Crippen LogP) is 4.94. The third kappa shape index (κ3) is 4.24. The molecule has 25 heavy (non-hydrogen) atoms. The quantitative estimate of drug-likeness (QED) is 0.442. The minimum atomic E-state index is -0.870. The number of piperidine rings is 1. The van der Waals surface area contributed by atoms with Crippen molar-refractivity contribution >= 4 is 17.9 Å². The number of thioether (sulfide) groups is 1. The van der Waals surface area contributed by atoms with Crippen LogP contribution in [0.2, 0.25) is 0 Å². The number of carbonyl (C=O) groups is 1. The lowest BCUT2D eigenvalue weighted by Crippen LogP contribution is -2.52. The van der Waals surface area contributed by atoms with Crippen molar-refractivity contribution in [3.8, 4) is 0 Å². The van der Waals surface area contributed by atoms with Crippen molar-refractivity contribution in [2.45, 2.75) is 30.3 Å². The number of benzene rings is 2. The molecule has 0 N–H and O–H groups in total. The highest BCUT2D eigenvalue weighted by Crippen LogP contribution is 2.36. The SMILES string of the molecule is CSc1ccccc1C1CC[N+]([O-])(C(=O)OCc2ccccc2)CC1. The molecular weight excluding hydrogens is 334 g/mol. The lowest BCUT2D eigenvalue weighted by molar-refractivity contribution is -0.814. The van der Waals surface area contributed by atoms with E-state index in [1.807, 2.05) is 42.5 Å². The summed E-state index contributed by atoms with van der Waals surface area (Å²) < 4.78 is 4.40. The molecule has 4 nitrogen and oxygen atoms in total. The van der Waals surface area contributed by atoms with Gasteiger partial charge in [0.25, 0.3) is 0 Å². The Hall–Kier alpha value is -1.82. The number of likely N-dealkylation sites (tertiary alicyclic amines) is 1. The van der Waals surface area contributed by atoms with E-state index in [1.165, 1.54) is 10.5 Å². The van der Waals surface area contributed by atoms with Gasteiger partial charge >= 0.3 is 6.09 Å². The molecule has 2 aromatic carbocycles. The van der Waals surface area contributed by atoms with Gasteiger partial charge in [0.05, 0.1) is 13.1 Å². The van der Waals surface area contributed by atoms with Crippen LogP contribution in [0, 0.1) is 5.21 Å². The van der Waals surface area contributed by atoms with Crippen molar-refractivity contribution in [1.29, 1.82) is 0 Å². The first kappa shape index (κ1) is 18.0. The van der Waals surface area contributed by atoms with Crippen LogP contribution in [0.1, 0.15) is 29.9 Å². The summed E-state index contributed by atoms with van der Waals surface area (Å²) in [6.07, 6.45) is 2.82. The maximum absolute atomic E-state index is 12.8. The first-order chi connectivity index (χ1) is 12.1. The van der Waals surface area contributed by atoms with Gasteiger partial charge in [-0.05, 0) is 29.4 Å². The van der Waals surface area contributed by atoms with E-state index in [0.29, 0.717) is 18.8 Å². The normalized spacial score (nSPS) is 23.2. The van der Waals surface area contributed by atoms with Crippen molar-refractivity contribution in [2.75, 3.05) is 19.3 Å². The van der Waals surface area contributed by atoms with E-state index in [-0.39, 0.29) is 19.7 Å². The summed E-state index contributed by atoms with van der Waals surface area (Å²) >= 11 is 1.73. The second-order valence-corrected chi connectivity index (χ2v) is 7.24. The minimum Gasteiger partial charge on any atom is -0.622 e. The molecule has 1 fully saturated rings. The van der Waals surface area contributed by atoms with Gasteiger partial charge in [-0.15, -0.1) is 11.8 Å². The van der Waals surface area contributed by atoms with Crippen LogP contribution in [-0.4, -0.2) is 30.1 Å². The fourth-order valence-corrected chi connectivity index (χ4v) is 4.00. The molecule has 0 saturated carbocycles. The van der Waals surface area contributed by atoms with Gasteiger partial charge in [-0.25, -0.2) is 0 Å². The van der Waals surface area contributed by atoms with Crippen molar-refractivity contribution in [3.05, 3.63) is 70.9 Å². The summed E-state index contributed by atoms with van der Waals surface area (Å²) in [7, 11) is 0. The second kappa shape index (κ2) is 8.04. The summed E-state index contributed by atoms with van der Waals surface area (Å²) in [6, 6.07) is 17.8. The molecule has 132 valence electrons. The fourth-order valence-electron chi connectivity index (χ4n) is 3.32. The van der Waals surface area contributed by atoms with E-state index >= 15 is 0 Å². The summed E-state index contributed by atoms with van der Waals surface area (Å²) in [5, 5.41) is 12.8. The van der Waals surface area contributed by atoms with Crippen molar-refractivity contribution in [3.63, 3.8) is 0 Å². The van der Waals surface area contributed by atoms with Gasteiger partial charge in [-0.1, -0.05) is 48.5 Å². The zero-order valence-electron chi connectivity index (χ0n) is 14.4. The Morgan fingerprint density at radius 1 is 1.12 bits per heavy atom. The first-order valence-electron chi connectivity index (χ1n) is 8.54. The van der Waals surface area contributed by atoms with Crippen LogP contribution in [0.5, 0.6) is 0 Å². The topological polar surface area (TPSA) is 49.4 Å². The number of ether oxygens (including phenoxy) is 1.